The Morgan fingerprint density at radius 1 is 1.13 bits per heavy atom. The Balaban J connectivity index is 2.22. The van der Waals surface area contributed by atoms with Crippen LogP contribution in [0, 0.1) is 18.8 Å². The zero-order chi connectivity index (χ0) is 17.0. The summed E-state index contributed by atoms with van der Waals surface area (Å²) in [6.45, 7) is 1.75. The SMILES string of the molecule is CNC(=O)c1cccc(NC(=O)[C@@H]2CC=CC[C@@H]2C(=O)O)c1C. The summed E-state index contributed by atoms with van der Waals surface area (Å²) in [7, 11) is 1.54. The van der Waals surface area contributed by atoms with Crippen molar-refractivity contribution >= 4 is 23.5 Å². The summed E-state index contributed by atoms with van der Waals surface area (Å²) in [5.74, 6) is -2.87. The molecule has 6 nitrogen and oxygen atoms in total. The van der Waals surface area contributed by atoms with Crippen molar-refractivity contribution in [2.24, 2.45) is 11.8 Å². The second-order valence-corrected chi connectivity index (χ2v) is 5.54. The van der Waals surface area contributed by atoms with Gasteiger partial charge in [-0.25, -0.2) is 0 Å². The summed E-state index contributed by atoms with van der Waals surface area (Å²) < 4.78 is 0. The minimum Gasteiger partial charge on any atom is -0.481 e. The summed E-state index contributed by atoms with van der Waals surface area (Å²) in [6.07, 6.45) is 4.37. The number of allylic oxidation sites excluding steroid dienone is 2. The number of carbonyl (C=O) groups is 3. The molecule has 3 N–H and O–H groups in total. The zero-order valence-corrected chi connectivity index (χ0v) is 13.1. The monoisotopic (exact) mass is 316 g/mol. The molecule has 6 heteroatoms. The van der Waals surface area contributed by atoms with E-state index in [1.165, 1.54) is 0 Å². The lowest BCUT2D eigenvalue weighted by Gasteiger charge is -2.24. The van der Waals surface area contributed by atoms with Gasteiger partial charge in [-0.2, -0.15) is 0 Å². The number of carboxylic acids is 1. The molecule has 0 heterocycles. The first-order valence-electron chi connectivity index (χ1n) is 7.46. The van der Waals surface area contributed by atoms with E-state index in [1.807, 2.05) is 6.08 Å². The van der Waals surface area contributed by atoms with Crippen LogP contribution in [-0.2, 0) is 9.59 Å². The van der Waals surface area contributed by atoms with Crippen molar-refractivity contribution in [3.8, 4) is 0 Å². The van der Waals surface area contributed by atoms with Gasteiger partial charge in [-0.3, -0.25) is 14.4 Å². The number of nitrogens with one attached hydrogen (secondary N) is 2. The van der Waals surface area contributed by atoms with Gasteiger partial charge in [-0.1, -0.05) is 18.2 Å². The highest BCUT2D eigenvalue weighted by Gasteiger charge is 2.34. The summed E-state index contributed by atoms with van der Waals surface area (Å²) in [6, 6.07) is 5.06. The van der Waals surface area contributed by atoms with E-state index in [-0.39, 0.29) is 11.8 Å². The Morgan fingerprint density at radius 2 is 1.78 bits per heavy atom. The molecular weight excluding hydrogens is 296 g/mol. The molecule has 0 spiro atoms. The number of hydrogen-bond donors (Lipinski definition) is 3. The summed E-state index contributed by atoms with van der Waals surface area (Å²) in [5.41, 5.74) is 1.65. The second kappa shape index (κ2) is 7.09. The Bertz CT molecular complexity index is 667. The van der Waals surface area contributed by atoms with Crippen LogP contribution in [0.5, 0.6) is 0 Å². The lowest BCUT2D eigenvalue weighted by atomic mass is 9.82. The maximum atomic E-state index is 12.5. The van der Waals surface area contributed by atoms with E-state index in [1.54, 1.807) is 38.2 Å². The normalized spacial score (nSPS) is 19.9. The summed E-state index contributed by atoms with van der Waals surface area (Å²) in [4.78, 5) is 35.6. The molecule has 2 amide bonds. The van der Waals surface area contributed by atoms with Crippen LogP contribution < -0.4 is 10.6 Å². The number of rotatable bonds is 4. The molecule has 1 aliphatic carbocycles. The quantitative estimate of drug-likeness (QED) is 0.740. The van der Waals surface area contributed by atoms with E-state index in [9.17, 15) is 19.5 Å². The van der Waals surface area contributed by atoms with Crippen molar-refractivity contribution < 1.29 is 19.5 Å². The van der Waals surface area contributed by atoms with Gasteiger partial charge in [0.25, 0.3) is 5.91 Å². The number of amides is 2. The van der Waals surface area contributed by atoms with Gasteiger partial charge in [0.15, 0.2) is 0 Å². The Hall–Kier alpha value is -2.63. The average Bonchev–Trinajstić information content (AvgIpc) is 2.56. The predicted octanol–water partition coefficient (Wildman–Crippen LogP) is 1.96. The van der Waals surface area contributed by atoms with Crippen molar-refractivity contribution in [2.75, 3.05) is 12.4 Å². The fraction of sp³-hybridized carbons (Fsp3) is 0.353. The van der Waals surface area contributed by atoms with Crippen molar-refractivity contribution in [2.45, 2.75) is 19.8 Å². The molecular formula is C17H20N2O4. The standard InChI is InChI=1S/C17H20N2O4/c1-10-11(15(20)18-2)8-5-9-14(10)19-16(21)12-6-3-4-7-13(12)17(22)23/h3-5,8-9,12-13H,6-7H2,1-2H3,(H,18,20)(H,19,21)(H,22,23)/t12-,13+/m1/s1. The third-order valence-corrected chi connectivity index (χ3v) is 4.15. The molecule has 2 atom stereocenters. The lowest BCUT2D eigenvalue weighted by Crippen LogP contribution is -2.35. The van der Waals surface area contributed by atoms with Crippen LogP contribution >= 0.6 is 0 Å². The Kier molecular flexibility index (Phi) is 5.16. The van der Waals surface area contributed by atoms with E-state index < -0.39 is 17.8 Å². The van der Waals surface area contributed by atoms with Gasteiger partial charge in [0.1, 0.15) is 0 Å². The van der Waals surface area contributed by atoms with Crippen molar-refractivity contribution in [1.82, 2.24) is 5.32 Å². The zero-order valence-electron chi connectivity index (χ0n) is 13.1. The minimum absolute atomic E-state index is 0.234. The van der Waals surface area contributed by atoms with Crippen molar-refractivity contribution in [3.05, 3.63) is 41.5 Å². The van der Waals surface area contributed by atoms with Gasteiger partial charge in [-0.05, 0) is 37.5 Å². The van der Waals surface area contributed by atoms with E-state index in [0.717, 1.165) is 0 Å². The fourth-order valence-electron chi connectivity index (χ4n) is 2.75. The Morgan fingerprint density at radius 3 is 2.39 bits per heavy atom. The van der Waals surface area contributed by atoms with Crippen LogP contribution in [-0.4, -0.2) is 29.9 Å². The third kappa shape index (κ3) is 3.59. The van der Waals surface area contributed by atoms with Gasteiger partial charge >= 0.3 is 5.97 Å². The molecule has 0 aliphatic heterocycles. The molecule has 1 aliphatic rings. The Labute approximate surface area is 134 Å². The van der Waals surface area contributed by atoms with E-state index >= 15 is 0 Å². The molecule has 0 aromatic heterocycles. The molecule has 0 radical (unpaired) electrons. The molecule has 0 unspecified atom stereocenters. The maximum Gasteiger partial charge on any atom is 0.307 e. The molecule has 0 saturated carbocycles. The van der Waals surface area contributed by atoms with E-state index in [2.05, 4.69) is 10.6 Å². The average molecular weight is 316 g/mol. The van der Waals surface area contributed by atoms with Crippen molar-refractivity contribution in [1.29, 1.82) is 0 Å². The number of aliphatic carboxylic acids is 1. The van der Waals surface area contributed by atoms with Gasteiger partial charge in [0, 0.05) is 18.3 Å². The molecule has 0 fully saturated rings. The first-order chi connectivity index (χ1) is 11.0. The third-order valence-electron chi connectivity index (χ3n) is 4.15. The predicted molar refractivity (Wildman–Crippen MR) is 86.2 cm³/mol. The van der Waals surface area contributed by atoms with Gasteiger partial charge < -0.3 is 15.7 Å². The van der Waals surface area contributed by atoms with Gasteiger partial charge in [0.05, 0.1) is 11.8 Å². The van der Waals surface area contributed by atoms with Crippen LogP contribution in [0.2, 0.25) is 0 Å². The topological polar surface area (TPSA) is 95.5 Å². The molecule has 0 saturated heterocycles. The van der Waals surface area contributed by atoms with Crippen LogP contribution in [0.15, 0.2) is 30.4 Å². The van der Waals surface area contributed by atoms with Crippen molar-refractivity contribution in [3.63, 3.8) is 0 Å². The highest BCUT2D eigenvalue weighted by atomic mass is 16.4. The second-order valence-electron chi connectivity index (χ2n) is 5.54. The first kappa shape index (κ1) is 16.7. The van der Waals surface area contributed by atoms with E-state index in [0.29, 0.717) is 29.7 Å². The van der Waals surface area contributed by atoms with Crippen LogP contribution in [0.4, 0.5) is 5.69 Å². The molecule has 2 rings (SSSR count). The molecule has 122 valence electrons. The minimum atomic E-state index is -0.967. The van der Waals surface area contributed by atoms with Gasteiger partial charge in [0.2, 0.25) is 5.91 Å². The van der Waals surface area contributed by atoms with Crippen LogP contribution in [0.1, 0.15) is 28.8 Å². The summed E-state index contributed by atoms with van der Waals surface area (Å²) in [5, 5.41) is 14.6. The molecule has 1 aromatic rings. The maximum absolute atomic E-state index is 12.5. The van der Waals surface area contributed by atoms with Crippen LogP contribution in [0.25, 0.3) is 0 Å². The largest absolute Gasteiger partial charge is 0.481 e. The van der Waals surface area contributed by atoms with Gasteiger partial charge in [-0.15, -0.1) is 0 Å². The number of benzene rings is 1. The lowest BCUT2D eigenvalue weighted by molar-refractivity contribution is -0.146. The summed E-state index contributed by atoms with van der Waals surface area (Å²) >= 11 is 0. The van der Waals surface area contributed by atoms with Crippen LogP contribution in [0.3, 0.4) is 0 Å². The number of carbonyl (C=O) groups excluding carboxylic acids is 2. The molecule has 23 heavy (non-hydrogen) atoms. The fourth-order valence-corrected chi connectivity index (χ4v) is 2.75. The number of anilines is 1. The highest BCUT2D eigenvalue weighted by Crippen LogP contribution is 2.28. The van der Waals surface area contributed by atoms with E-state index in [4.69, 9.17) is 0 Å². The number of carboxylic acid groups (broad SMARTS) is 1. The smallest absolute Gasteiger partial charge is 0.307 e. The molecule has 0 bridgehead atoms. The number of hydrogen-bond acceptors (Lipinski definition) is 3. The first-order valence-corrected chi connectivity index (χ1v) is 7.46. The molecule has 1 aromatic carbocycles. The highest BCUT2D eigenvalue weighted by molar-refractivity contribution is 6.00.